The molecule has 0 radical (unpaired) electrons. The second-order valence-electron chi connectivity index (χ2n) is 12.9. The smallest absolute Gasteiger partial charge is 0.259 e. The normalized spacial score (nSPS) is 14.4. The molecule has 1 amide bonds. The molecule has 0 atom stereocenters. The number of carbonyl (C=O) groups excluding carboxylic acids is 2. The van der Waals surface area contributed by atoms with Crippen molar-refractivity contribution < 1.29 is 9.59 Å². The summed E-state index contributed by atoms with van der Waals surface area (Å²) in [5, 5.41) is 1.02. The molecule has 0 unspecified atom stereocenters. The number of benzene rings is 4. The van der Waals surface area contributed by atoms with Gasteiger partial charge < -0.3 is 9.80 Å². The number of anilines is 3. The predicted molar refractivity (Wildman–Crippen MR) is 212 cm³/mol. The Morgan fingerprint density at radius 1 is 0.627 bits per heavy atom. The number of thiophene rings is 2. The van der Waals surface area contributed by atoms with E-state index in [4.69, 9.17) is 0 Å². The SMILES string of the molecule is CC1=CC(c2ccc(N(c3ccccc3)c3ccccc3)s2)=C2C(=O)N(C)C(c3ccc(CCC(c4ccccc4)c4ccccc4)s3)=C2C1=O. The number of fused-ring (bicyclic) bond motifs is 1. The average Bonchev–Trinajstić information content (AvgIpc) is 3.91. The van der Waals surface area contributed by atoms with Crippen LogP contribution in [0.4, 0.5) is 16.4 Å². The van der Waals surface area contributed by atoms with Gasteiger partial charge in [0.15, 0.2) is 5.78 Å². The van der Waals surface area contributed by atoms with Crippen molar-refractivity contribution in [2.75, 3.05) is 11.9 Å². The molecule has 6 heteroatoms. The molecule has 0 N–H and O–H groups in total. The maximum Gasteiger partial charge on any atom is 0.259 e. The molecule has 0 saturated heterocycles. The summed E-state index contributed by atoms with van der Waals surface area (Å²) in [6.07, 6.45) is 3.74. The summed E-state index contributed by atoms with van der Waals surface area (Å²) in [6.45, 7) is 1.86. The third-order valence-corrected chi connectivity index (χ3v) is 11.9. The number of ketones is 1. The number of allylic oxidation sites excluding steroid dienone is 3. The van der Waals surface area contributed by atoms with Gasteiger partial charge in [-0.25, -0.2) is 0 Å². The summed E-state index contributed by atoms with van der Waals surface area (Å²) in [5.41, 5.74) is 7.84. The lowest BCUT2D eigenvalue weighted by Crippen LogP contribution is -2.20. The fourth-order valence-corrected chi connectivity index (χ4v) is 9.32. The summed E-state index contributed by atoms with van der Waals surface area (Å²) >= 11 is 3.30. The topological polar surface area (TPSA) is 40.6 Å². The Morgan fingerprint density at radius 2 is 1.18 bits per heavy atom. The molecule has 6 aromatic rings. The first-order valence-electron chi connectivity index (χ1n) is 17.2. The second kappa shape index (κ2) is 14.0. The molecular weight excluding hydrogens is 665 g/mol. The van der Waals surface area contributed by atoms with Gasteiger partial charge in [0.25, 0.3) is 5.91 Å². The van der Waals surface area contributed by atoms with Crippen molar-refractivity contribution >= 4 is 62.0 Å². The van der Waals surface area contributed by atoms with Crippen LogP contribution in [-0.4, -0.2) is 23.6 Å². The zero-order valence-electron chi connectivity index (χ0n) is 28.5. The van der Waals surface area contributed by atoms with Crippen molar-refractivity contribution in [1.82, 2.24) is 4.90 Å². The molecule has 4 aromatic carbocycles. The number of nitrogens with zero attached hydrogens (tertiary/aromatic N) is 2. The molecule has 0 saturated carbocycles. The Labute approximate surface area is 307 Å². The molecule has 4 nitrogen and oxygen atoms in total. The zero-order chi connectivity index (χ0) is 34.9. The first kappa shape index (κ1) is 32.6. The molecular formula is C45H36N2O2S2. The summed E-state index contributed by atoms with van der Waals surface area (Å²) in [7, 11) is 1.79. The van der Waals surface area contributed by atoms with Crippen LogP contribution in [0.1, 0.15) is 45.0 Å². The second-order valence-corrected chi connectivity index (χ2v) is 15.1. The fourth-order valence-electron chi connectivity index (χ4n) is 7.14. The summed E-state index contributed by atoms with van der Waals surface area (Å²) in [6, 6.07) is 50.3. The Kier molecular flexibility index (Phi) is 8.95. The Balaban J connectivity index is 1.14. The van der Waals surface area contributed by atoms with Gasteiger partial charge >= 0.3 is 0 Å². The van der Waals surface area contributed by atoms with Gasteiger partial charge in [-0.1, -0.05) is 97.1 Å². The summed E-state index contributed by atoms with van der Waals surface area (Å²) < 4.78 is 0. The lowest BCUT2D eigenvalue weighted by molar-refractivity contribution is -0.122. The van der Waals surface area contributed by atoms with Crippen LogP contribution < -0.4 is 4.90 Å². The number of carbonyl (C=O) groups is 2. The van der Waals surface area contributed by atoms with E-state index in [1.807, 2.05) is 49.4 Å². The van der Waals surface area contributed by atoms with E-state index >= 15 is 0 Å². The number of hydrogen-bond donors (Lipinski definition) is 0. The molecule has 3 heterocycles. The zero-order valence-corrected chi connectivity index (χ0v) is 30.1. The van der Waals surface area contributed by atoms with Crippen molar-refractivity contribution in [2.24, 2.45) is 0 Å². The van der Waals surface area contributed by atoms with E-state index in [1.165, 1.54) is 16.0 Å². The molecule has 8 rings (SSSR count). The van der Waals surface area contributed by atoms with Crippen LogP contribution >= 0.6 is 22.7 Å². The fraction of sp³-hybridized carbons (Fsp3) is 0.111. The molecule has 0 bridgehead atoms. The van der Waals surface area contributed by atoms with Gasteiger partial charge in [0, 0.05) is 39.7 Å². The van der Waals surface area contributed by atoms with Gasteiger partial charge in [-0.05, 0) is 91.1 Å². The van der Waals surface area contributed by atoms with Gasteiger partial charge in [-0.2, -0.15) is 0 Å². The van der Waals surface area contributed by atoms with Crippen molar-refractivity contribution in [3.05, 3.63) is 194 Å². The van der Waals surface area contributed by atoms with Crippen LogP contribution in [-0.2, 0) is 16.0 Å². The average molecular weight is 701 g/mol. The van der Waals surface area contributed by atoms with Crippen molar-refractivity contribution in [1.29, 1.82) is 0 Å². The van der Waals surface area contributed by atoms with Crippen molar-refractivity contribution in [3.63, 3.8) is 0 Å². The van der Waals surface area contributed by atoms with Crippen molar-refractivity contribution in [3.8, 4) is 0 Å². The third-order valence-electron chi connectivity index (χ3n) is 9.64. The largest absolute Gasteiger partial charge is 0.309 e. The van der Waals surface area contributed by atoms with E-state index < -0.39 is 0 Å². The number of amides is 1. The quantitative estimate of drug-likeness (QED) is 0.143. The Bertz CT molecular complexity index is 2240. The summed E-state index contributed by atoms with van der Waals surface area (Å²) in [4.78, 5) is 35.1. The lowest BCUT2D eigenvalue weighted by Gasteiger charge is -2.23. The first-order chi connectivity index (χ1) is 25.0. The number of Topliss-reactive ketones (excluding diaryl/α,β-unsaturated/α-hetero) is 1. The van der Waals surface area contributed by atoms with Gasteiger partial charge in [0.05, 0.1) is 21.7 Å². The number of para-hydroxylation sites is 2. The van der Waals surface area contributed by atoms with E-state index in [0.29, 0.717) is 22.4 Å². The number of aryl methyl sites for hydroxylation is 1. The Morgan fingerprint density at radius 3 is 1.76 bits per heavy atom. The van der Waals surface area contributed by atoms with E-state index in [2.05, 4.69) is 114 Å². The highest BCUT2D eigenvalue weighted by atomic mass is 32.1. The van der Waals surface area contributed by atoms with Gasteiger partial charge in [-0.15, -0.1) is 22.7 Å². The van der Waals surface area contributed by atoms with E-state index in [1.54, 1.807) is 34.6 Å². The minimum atomic E-state index is -0.145. The number of likely N-dealkylation sites (N-methyl/N-ethyl adjacent to an activating group) is 1. The number of hydrogen-bond acceptors (Lipinski definition) is 5. The highest BCUT2D eigenvalue weighted by Crippen LogP contribution is 2.48. The maximum atomic E-state index is 14.1. The van der Waals surface area contributed by atoms with Crippen LogP contribution in [0.3, 0.4) is 0 Å². The van der Waals surface area contributed by atoms with E-state index in [-0.39, 0.29) is 17.6 Å². The summed E-state index contributed by atoms with van der Waals surface area (Å²) in [5.74, 6) is 0.0423. The minimum Gasteiger partial charge on any atom is -0.309 e. The van der Waals surface area contributed by atoms with Crippen LogP contribution in [0.5, 0.6) is 0 Å². The molecule has 2 aliphatic rings. The van der Waals surface area contributed by atoms with Gasteiger partial charge in [0.1, 0.15) is 5.00 Å². The van der Waals surface area contributed by atoms with Crippen LogP contribution in [0, 0.1) is 0 Å². The molecule has 0 spiro atoms. The first-order valence-corrected chi connectivity index (χ1v) is 18.8. The minimum absolute atomic E-state index is 0.0865. The lowest BCUT2D eigenvalue weighted by atomic mass is 9.86. The van der Waals surface area contributed by atoms with Crippen molar-refractivity contribution in [2.45, 2.75) is 25.7 Å². The van der Waals surface area contributed by atoms with Crippen LogP contribution in [0.15, 0.2) is 168 Å². The molecule has 1 aliphatic heterocycles. The van der Waals surface area contributed by atoms with E-state index in [0.717, 1.165) is 44.5 Å². The van der Waals surface area contributed by atoms with Gasteiger partial charge in [0.2, 0.25) is 0 Å². The molecule has 0 fully saturated rings. The van der Waals surface area contributed by atoms with Crippen LogP contribution in [0.25, 0.3) is 11.3 Å². The third kappa shape index (κ3) is 6.22. The predicted octanol–water partition coefficient (Wildman–Crippen LogP) is 11.2. The molecule has 2 aromatic heterocycles. The van der Waals surface area contributed by atoms with Crippen LogP contribution in [0.2, 0.25) is 0 Å². The standard InChI is InChI=1S/C45H36N2O2S2/c1-30-29-37(38-27-28-40(51-38)47(33-19-11-5-12-20-33)34-21-13-6-14-22-34)41-42(44(30)48)43(46(2)45(41)49)39-26-24-35(50-39)23-25-36(31-15-7-3-8-16-31)32-17-9-4-10-18-32/h3-22,24,26-29,36H,23,25H2,1-2H3. The maximum absolute atomic E-state index is 14.1. The molecule has 1 aliphatic carbocycles. The number of rotatable bonds is 10. The molecule has 250 valence electrons. The highest BCUT2D eigenvalue weighted by molar-refractivity contribution is 7.17. The molecule has 51 heavy (non-hydrogen) atoms. The Hall–Kier alpha value is -5.56. The van der Waals surface area contributed by atoms with Gasteiger partial charge in [-0.3, -0.25) is 9.59 Å². The van der Waals surface area contributed by atoms with E-state index in [9.17, 15) is 9.59 Å². The monoisotopic (exact) mass is 700 g/mol. The highest BCUT2D eigenvalue weighted by Gasteiger charge is 2.42.